The van der Waals surface area contributed by atoms with Gasteiger partial charge in [-0.25, -0.2) is 4.79 Å². The summed E-state index contributed by atoms with van der Waals surface area (Å²) in [5, 5.41) is 0. The molecular formula is C14H15NO3. The van der Waals surface area contributed by atoms with E-state index in [1.54, 1.807) is 12.4 Å². The summed E-state index contributed by atoms with van der Waals surface area (Å²) >= 11 is 0. The summed E-state index contributed by atoms with van der Waals surface area (Å²) in [6.45, 7) is 2.58. The fourth-order valence-corrected chi connectivity index (χ4v) is 1.78. The van der Waals surface area contributed by atoms with Gasteiger partial charge in [0.25, 0.3) is 0 Å². The Hall–Kier alpha value is -2.23. The van der Waals surface area contributed by atoms with Crippen LogP contribution in [0.2, 0.25) is 0 Å². The molecular weight excluding hydrogens is 230 g/mol. The van der Waals surface area contributed by atoms with Crippen LogP contribution in [0.1, 0.15) is 17.3 Å². The minimum Gasteiger partial charge on any atom is -0.494 e. The van der Waals surface area contributed by atoms with Crippen molar-refractivity contribution in [2.45, 2.75) is 6.92 Å². The van der Waals surface area contributed by atoms with Crippen molar-refractivity contribution in [1.82, 2.24) is 4.98 Å². The van der Waals surface area contributed by atoms with E-state index in [1.165, 1.54) is 7.11 Å². The molecule has 4 heteroatoms. The maximum atomic E-state index is 11.6. The van der Waals surface area contributed by atoms with Gasteiger partial charge in [0, 0.05) is 18.0 Å². The second-order valence-electron chi connectivity index (χ2n) is 3.73. The normalized spacial score (nSPS) is 10.1. The van der Waals surface area contributed by atoms with Crippen molar-refractivity contribution in [2.75, 3.05) is 13.7 Å². The average molecular weight is 245 g/mol. The van der Waals surface area contributed by atoms with Gasteiger partial charge in [-0.3, -0.25) is 0 Å². The van der Waals surface area contributed by atoms with E-state index in [2.05, 4.69) is 4.98 Å². The van der Waals surface area contributed by atoms with E-state index in [0.717, 1.165) is 16.9 Å². The highest BCUT2D eigenvalue weighted by atomic mass is 16.5. The van der Waals surface area contributed by atoms with Gasteiger partial charge in [0.15, 0.2) is 0 Å². The summed E-state index contributed by atoms with van der Waals surface area (Å²) in [7, 11) is 1.37. The van der Waals surface area contributed by atoms with Crippen LogP contribution in [0.5, 0.6) is 5.75 Å². The van der Waals surface area contributed by atoms with Gasteiger partial charge in [-0.05, 0) is 24.6 Å². The molecule has 0 spiro atoms. The van der Waals surface area contributed by atoms with Crippen LogP contribution >= 0.6 is 0 Å². The highest BCUT2D eigenvalue weighted by molar-refractivity contribution is 5.97. The van der Waals surface area contributed by atoms with Gasteiger partial charge in [-0.1, -0.05) is 12.1 Å². The second-order valence-corrected chi connectivity index (χ2v) is 3.73. The average Bonchev–Trinajstić information content (AvgIpc) is 2.88. The van der Waals surface area contributed by atoms with E-state index in [9.17, 15) is 4.79 Å². The Morgan fingerprint density at radius 2 is 1.94 bits per heavy atom. The zero-order valence-corrected chi connectivity index (χ0v) is 10.4. The van der Waals surface area contributed by atoms with E-state index < -0.39 is 0 Å². The van der Waals surface area contributed by atoms with Gasteiger partial charge < -0.3 is 14.5 Å². The molecule has 0 saturated heterocycles. The number of nitrogens with one attached hydrogen (secondary N) is 1. The van der Waals surface area contributed by atoms with Crippen LogP contribution < -0.4 is 4.74 Å². The van der Waals surface area contributed by atoms with Gasteiger partial charge in [0.1, 0.15) is 5.75 Å². The van der Waals surface area contributed by atoms with Crippen LogP contribution in [0.25, 0.3) is 11.1 Å². The number of hydrogen-bond donors (Lipinski definition) is 1. The van der Waals surface area contributed by atoms with Gasteiger partial charge in [-0.2, -0.15) is 0 Å². The van der Waals surface area contributed by atoms with E-state index in [4.69, 9.17) is 9.47 Å². The number of hydrogen-bond acceptors (Lipinski definition) is 3. The van der Waals surface area contributed by atoms with Crippen LogP contribution in [-0.2, 0) is 4.74 Å². The van der Waals surface area contributed by atoms with Crippen molar-refractivity contribution in [1.29, 1.82) is 0 Å². The van der Waals surface area contributed by atoms with Gasteiger partial charge >= 0.3 is 5.97 Å². The second kappa shape index (κ2) is 5.40. The van der Waals surface area contributed by atoms with Crippen molar-refractivity contribution in [3.8, 4) is 16.9 Å². The van der Waals surface area contributed by atoms with Gasteiger partial charge in [-0.15, -0.1) is 0 Å². The zero-order chi connectivity index (χ0) is 13.0. The molecule has 1 heterocycles. The number of benzene rings is 1. The van der Waals surface area contributed by atoms with Crippen molar-refractivity contribution < 1.29 is 14.3 Å². The molecule has 2 aromatic rings. The lowest BCUT2D eigenvalue weighted by molar-refractivity contribution is 0.0602. The highest BCUT2D eigenvalue weighted by Crippen LogP contribution is 2.26. The Kier molecular flexibility index (Phi) is 3.67. The molecule has 1 aromatic carbocycles. The molecule has 2 rings (SSSR count). The lowest BCUT2D eigenvalue weighted by atomic mass is 10.0. The molecule has 4 nitrogen and oxygen atoms in total. The summed E-state index contributed by atoms with van der Waals surface area (Å²) < 4.78 is 10.1. The number of aromatic nitrogens is 1. The standard InChI is InChI=1S/C14H15NO3/c1-3-18-11-6-4-10(5-7-11)12-8-15-9-13(12)14(16)17-2/h4-9,15H,3H2,1-2H3. The molecule has 0 radical (unpaired) electrons. The summed E-state index contributed by atoms with van der Waals surface area (Å²) in [5.74, 6) is 0.469. The Bertz CT molecular complexity index is 528. The highest BCUT2D eigenvalue weighted by Gasteiger charge is 2.13. The van der Waals surface area contributed by atoms with Crippen LogP contribution in [0.3, 0.4) is 0 Å². The molecule has 0 bridgehead atoms. The van der Waals surface area contributed by atoms with Crippen LogP contribution in [0, 0.1) is 0 Å². The molecule has 1 aromatic heterocycles. The summed E-state index contributed by atoms with van der Waals surface area (Å²) in [5.41, 5.74) is 2.30. The van der Waals surface area contributed by atoms with Crippen molar-refractivity contribution in [3.63, 3.8) is 0 Å². The van der Waals surface area contributed by atoms with E-state index >= 15 is 0 Å². The first kappa shape index (κ1) is 12.2. The summed E-state index contributed by atoms with van der Waals surface area (Å²) in [6, 6.07) is 7.60. The van der Waals surface area contributed by atoms with E-state index in [-0.39, 0.29) is 5.97 Å². The topological polar surface area (TPSA) is 51.3 Å². The molecule has 0 amide bonds. The quantitative estimate of drug-likeness (QED) is 0.843. The van der Waals surface area contributed by atoms with Crippen LogP contribution in [0.15, 0.2) is 36.7 Å². The minimum atomic E-state index is -0.347. The third kappa shape index (κ3) is 2.37. The Morgan fingerprint density at radius 3 is 2.56 bits per heavy atom. The molecule has 0 aliphatic carbocycles. The molecule has 0 saturated carbocycles. The lowest BCUT2D eigenvalue weighted by Gasteiger charge is -2.05. The van der Waals surface area contributed by atoms with Crippen molar-refractivity contribution >= 4 is 5.97 Å². The van der Waals surface area contributed by atoms with Gasteiger partial charge in [0.2, 0.25) is 0 Å². The predicted molar refractivity (Wildman–Crippen MR) is 68.7 cm³/mol. The third-order valence-corrected chi connectivity index (χ3v) is 2.63. The first-order valence-electron chi connectivity index (χ1n) is 5.74. The minimum absolute atomic E-state index is 0.347. The fraction of sp³-hybridized carbons (Fsp3) is 0.214. The molecule has 1 N–H and O–H groups in total. The first-order chi connectivity index (χ1) is 8.76. The molecule has 18 heavy (non-hydrogen) atoms. The number of ether oxygens (including phenoxy) is 2. The lowest BCUT2D eigenvalue weighted by Crippen LogP contribution is -2.01. The Balaban J connectivity index is 2.31. The maximum Gasteiger partial charge on any atom is 0.340 e. The number of carbonyl (C=O) groups excluding carboxylic acids is 1. The predicted octanol–water partition coefficient (Wildman–Crippen LogP) is 2.87. The number of esters is 1. The van der Waals surface area contributed by atoms with Crippen molar-refractivity contribution in [3.05, 3.63) is 42.2 Å². The number of rotatable bonds is 4. The molecule has 0 fully saturated rings. The monoisotopic (exact) mass is 245 g/mol. The molecule has 0 aliphatic rings. The number of methoxy groups -OCH3 is 1. The summed E-state index contributed by atoms with van der Waals surface area (Å²) in [4.78, 5) is 14.5. The van der Waals surface area contributed by atoms with E-state index in [0.29, 0.717) is 12.2 Å². The number of carbonyl (C=O) groups is 1. The van der Waals surface area contributed by atoms with Crippen molar-refractivity contribution in [2.24, 2.45) is 0 Å². The molecule has 0 atom stereocenters. The van der Waals surface area contributed by atoms with Gasteiger partial charge in [0.05, 0.1) is 19.3 Å². The Labute approximate surface area is 106 Å². The van der Waals surface area contributed by atoms with E-state index in [1.807, 2.05) is 31.2 Å². The molecule has 94 valence electrons. The molecule has 0 unspecified atom stereocenters. The largest absolute Gasteiger partial charge is 0.494 e. The number of H-pyrrole nitrogens is 1. The zero-order valence-electron chi connectivity index (χ0n) is 10.4. The van der Waals surface area contributed by atoms with Crippen LogP contribution in [-0.4, -0.2) is 24.7 Å². The Morgan fingerprint density at radius 1 is 1.22 bits per heavy atom. The molecule has 0 aliphatic heterocycles. The third-order valence-electron chi connectivity index (χ3n) is 2.63. The SMILES string of the molecule is CCOc1ccc(-c2c[nH]cc2C(=O)OC)cc1. The van der Waals surface area contributed by atoms with Crippen LogP contribution in [0.4, 0.5) is 0 Å². The smallest absolute Gasteiger partial charge is 0.340 e. The number of aromatic amines is 1. The summed E-state index contributed by atoms with van der Waals surface area (Å²) in [6.07, 6.45) is 3.42. The maximum absolute atomic E-state index is 11.6. The first-order valence-corrected chi connectivity index (χ1v) is 5.74. The fourth-order valence-electron chi connectivity index (χ4n) is 1.78.